The molecule has 1 saturated heterocycles. The lowest BCUT2D eigenvalue weighted by Crippen LogP contribution is -2.24. The van der Waals surface area contributed by atoms with Crippen LogP contribution in [0.15, 0.2) is 41.5 Å². The second-order valence-electron chi connectivity index (χ2n) is 8.98. The minimum absolute atomic E-state index is 0.0523. The van der Waals surface area contributed by atoms with Gasteiger partial charge in [-0.05, 0) is 31.9 Å². The number of carbonyl (C=O) groups is 3. The molecule has 0 radical (unpaired) electrons. The van der Waals surface area contributed by atoms with Crippen LogP contribution in [0, 0.1) is 13.8 Å². The normalized spacial score (nSPS) is 19.0. The van der Waals surface area contributed by atoms with Crippen molar-refractivity contribution in [2.45, 2.75) is 45.6 Å². The summed E-state index contributed by atoms with van der Waals surface area (Å²) in [6.07, 6.45) is 0.976. The second kappa shape index (κ2) is 10.2. The summed E-state index contributed by atoms with van der Waals surface area (Å²) in [5.41, 5.74) is 3.68. The molecule has 0 bridgehead atoms. The Labute approximate surface area is 204 Å². The highest BCUT2D eigenvalue weighted by Gasteiger charge is 2.32. The van der Waals surface area contributed by atoms with E-state index in [4.69, 9.17) is 4.74 Å². The van der Waals surface area contributed by atoms with E-state index in [0.717, 1.165) is 17.0 Å². The predicted molar refractivity (Wildman–Crippen MR) is 130 cm³/mol. The van der Waals surface area contributed by atoms with Crippen LogP contribution in [-0.2, 0) is 24.2 Å². The molecule has 0 spiro atoms. The first-order valence-electron chi connectivity index (χ1n) is 11.7. The van der Waals surface area contributed by atoms with Gasteiger partial charge >= 0.3 is 5.97 Å². The molecule has 35 heavy (non-hydrogen) atoms. The van der Waals surface area contributed by atoms with Crippen LogP contribution in [0.3, 0.4) is 0 Å². The first kappa shape index (κ1) is 24.8. The van der Waals surface area contributed by atoms with Gasteiger partial charge in [0.2, 0.25) is 11.7 Å². The molecule has 2 aliphatic rings. The number of hydrogen-bond donors (Lipinski definition) is 0. The third-order valence-electron chi connectivity index (χ3n) is 6.46. The fraction of sp³-hybridized carbons (Fsp3) is 0.440. The monoisotopic (exact) mass is 499 g/mol. The molecule has 186 valence electrons. The lowest BCUT2D eigenvalue weighted by molar-refractivity contribution is -0.145. The van der Waals surface area contributed by atoms with Crippen molar-refractivity contribution in [3.05, 3.63) is 58.9 Å². The van der Waals surface area contributed by atoms with Gasteiger partial charge in [-0.1, -0.05) is 30.3 Å². The van der Waals surface area contributed by atoms with Gasteiger partial charge in [0.15, 0.2) is 16.4 Å². The van der Waals surface area contributed by atoms with Crippen LogP contribution in [0.5, 0.6) is 0 Å². The van der Waals surface area contributed by atoms with Gasteiger partial charge < -0.3 is 9.30 Å². The SMILES string of the molecule is Cc1cc(C(=O)COC(=O)CCC(=O)N2CCC(c3ccccc3)=N2)c(C)n1C1CCS(=O)(=O)C1. The Hall–Kier alpha value is -3.27. The number of hydrazone groups is 1. The van der Waals surface area contributed by atoms with Crippen molar-refractivity contribution in [1.82, 2.24) is 9.58 Å². The van der Waals surface area contributed by atoms with Crippen molar-refractivity contribution in [1.29, 1.82) is 0 Å². The summed E-state index contributed by atoms with van der Waals surface area (Å²) >= 11 is 0. The van der Waals surface area contributed by atoms with E-state index in [1.165, 1.54) is 5.01 Å². The van der Waals surface area contributed by atoms with Gasteiger partial charge in [0.1, 0.15) is 0 Å². The summed E-state index contributed by atoms with van der Waals surface area (Å²) in [6.45, 7) is 3.64. The zero-order valence-electron chi connectivity index (χ0n) is 19.9. The highest BCUT2D eigenvalue weighted by atomic mass is 32.2. The molecule has 4 rings (SSSR count). The summed E-state index contributed by atoms with van der Waals surface area (Å²) in [6, 6.07) is 11.1. The summed E-state index contributed by atoms with van der Waals surface area (Å²) in [7, 11) is -3.06. The molecule has 2 aliphatic heterocycles. The zero-order chi connectivity index (χ0) is 25.2. The number of ketones is 1. The van der Waals surface area contributed by atoms with Gasteiger partial charge in [-0.15, -0.1) is 0 Å². The van der Waals surface area contributed by atoms with E-state index in [1.54, 1.807) is 13.0 Å². The Kier molecular flexibility index (Phi) is 7.20. The quantitative estimate of drug-likeness (QED) is 0.407. The number of amides is 1. The Morgan fingerprint density at radius 2 is 1.86 bits per heavy atom. The first-order valence-corrected chi connectivity index (χ1v) is 13.5. The van der Waals surface area contributed by atoms with Crippen molar-refractivity contribution in [3.8, 4) is 0 Å². The molecule has 9 nitrogen and oxygen atoms in total. The fourth-order valence-corrected chi connectivity index (χ4v) is 6.40. The number of rotatable bonds is 8. The topological polar surface area (TPSA) is 115 Å². The van der Waals surface area contributed by atoms with Gasteiger partial charge in [-0.2, -0.15) is 5.10 Å². The summed E-state index contributed by atoms with van der Waals surface area (Å²) < 4.78 is 30.7. The number of ether oxygens (including phenoxy) is 1. The third-order valence-corrected chi connectivity index (χ3v) is 8.21. The number of carbonyl (C=O) groups excluding carboxylic acids is 3. The molecule has 1 aromatic heterocycles. The highest BCUT2D eigenvalue weighted by molar-refractivity contribution is 7.91. The molecule has 1 amide bonds. The minimum Gasteiger partial charge on any atom is -0.457 e. The Morgan fingerprint density at radius 1 is 1.11 bits per heavy atom. The maximum Gasteiger partial charge on any atom is 0.306 e. The summed E-state index contributed by atoms with van der Waals surface area (Å²) in [5, 5.41) is 5.74. The predicted octanol–water partition coefficient (Wildman–Crippen LogP) is 2.61. The van der Waals surface area contributed by atoms with E-state index in [0.29, 0.717) is 30.6 Å². The van der Waals surface area contributed by atoms with Crippen molar-refractivity contribution in [2.75, 3.05) is 24.7 Å². The van der Waals surface area contributed by atoms with Crippen LogP contribution >= 0.6 is 0 Å². The number of nitrogens with zero attached hydrogens (tertiary/aromatic N) is 3. The third kappa shape index (κ3) is 5.70. The van der Waals surface area contributed by atoms with Gasteiger partial charge in [-0.25, -0.2) is 13.4 Å². The molecule has 10 heteroatoms. The van der Waals surface area contributed by atoms with Gasteiger partial charge in [0.05, 0.1) is 30.2 Å². The van der Waals surface area contributed by atoms with E-state index >= 15 is 0 Å². The zero-order valence-corrected chi connectivity index (χ0v) is 20.7. The van der Waals surface area contributed by atoms with Crippen LogP contribution < -0.4 is 0 Å². The maximum atomic E-state index is 12.7. The van der Waals surface area contributed by atoms with Crippen LogP contribution in [0.2, 0.25) is 0 Å². The molecule has 0 N–H and O–H groups in total. The molecule has 0 saturated carbocycles. The molecule has 1 atom stereocenters. The lowest BCUT2D eigenvalue weighted by atomic mass is 10.1. The number of hydrogen-bond acceptors (Lipinski definition) is 7. The number of aromatic nitrogens is 1. The average molecular weight is 500 g/mol. The summed E-state index contributed by atoms with van der Waals surface area (Å²) in [5.74, 6) is -1.05. The highest BCUT2D eigenvalue weighted by Crippen LogP contribution is 2.29. The molecular formula is C25H29N3O6S. The first-order chi connectivity index (χ1) is 16.6. The van der Waals surface area contributed by atoms with Crippen LogP contribution in [0.1, 0.15) is 59.0 Å². The number of esters is 1. The van der Waals surface area contributed by atoms with Gasteiger partial charge in [0, 0.05) is 35.8 Å². The van der Waals surface area contributed by atoms with Crippen LogP contribution in [0.4, 0.5) is 0 Å². The second-order valence-corrected chi connectivity index (χ2v) is 11.2. The summed E-state index contributed by atoms with van der Waals surface area (Å²) in [4.78, 5) is 37.3. The molecule has 1 aromatic carbocycles. The largest absolute Gasteiger partial charge is 0.457 e. The lowest BCUT2D eigenvalue weighted by Gasteiger charge is -2.16. The Balaban J connectivity index is 1.27. The molecule has 3 heterocycles. The van der Waals surface area contributed by atoms with E-state index in [9.17, 15) is 22.8 Å². The van der Waals surface area contributed by atoms with Crippen molar-refractivity contribution < 1.29 is 27.5 Å². The maximum absolute atomic E-state index is 12.7. The van der Waals surface area contributed by atoms with E-state index in [2.05, 4.69) is 5.10 Å². The van der Waals surface area contributed by atoms with E-state index in [1.807, 2.05) is 41.8 Å². The minimum atomic E-state index is -3.06. The van der Waals surface area contributed by atoms with E-state index in [-0.39, 0.29) is 42.1 Å². The van der Waals surface area contributed by atoms with Gasteiger partial charge in [-0.3, -0.25) is 14.4 Å². The van der Waals surface area contributed by atoms with Crippen LogP contribution in [-0.4, -0.2) is 66.0 Å². The standard InChI is InChI=1S/C25H29N3O6S/c1-17-14-21(18(2)28(17)20-11-13-35(32,33)16-20)23(29)15-34-25(31)9-8-24(30)27-12-10-22(26-27)19-6-4-3-5-7-19/h3-7,14,20H,8-13,15-16H2,1-2H3. The van der Waals surface area contributed by atoms with Crippen LogP contribution in [0.25, 0.3) is 0 Å². The van der Waals surface area contributed by atoms with Crippen molar-refractivity contribution >= 4 is 33.2 Å². The molecule has 1 fully saturated rings. The molecular weight excluding hydrogens is 470 g/mol. The van der Waals surface area contributed by atoms with Gasteiger partial charge in [0.25, 0.3) is 0 Å². The van der Waals surface area contributed by atoms with Crippen molar-refractivity contribution in [2.24, 2.45) is 5.10 Å². The smallest absolute Gasteiger partial charge is 0.306 e. The van der Waals surface area contributed by atoms with E-state index < -0.39 is 22.4 Å². The fourth-order valence-electron chi connectivity index (χ4n) is 4.70. The molecule has 2 aromatic rings. The number of Topliss-reactive ketones (excluding diaryl/α,β-unsaturated/α-hetero) is 1. The number of aryl methyl sites for hydroxylation is 1. The Bertz CT molecular complexity index is 1280. The molecule has 0 aliphatic carbocycles. The number of benzene rings is 1. The Morgan fingerprint density at radius 3 is 2.54 bits per heavy atom. The average Bonchev–Trinajstić information content (AvgIpc) is 3.53. The molecule has 1 unspecified atom stereocenters. The number of sulfone groups is 1. The van der Waals surface area contributed by atoms with Crippen molar-refractivity contribution in [3.63, 3.8) is 0 Å².